The number of anilines is 1. The van der Waals surface area contributed by atoms with Crippen LogP contribution in [0.1, 0.15) is 59.8 Å². The first-order chi connectivity index (χ1) is 15.0. The molecule has 1 aliphatic rings. The second-order valence-electron chi connectivity index (χ2n) is 10.4. The van der Waals surface area contributed by atoms with Crippen molar-refractivity contribution in [1.82, 2.24) is 9.55 Å². The van der Waals surface area contributed by atoms with Gasteiger partial charge in [-0.05, 0) is 39.5 Å². The van der Waals surface area contributed by atoms with Crippen molar-refractivity contribution in [2.45, 2.75) is 85.0 Å². The fraction of sp³-hybridized carbons (Fsp3) is 0.810. The third-order valence-corrected chi connectivity index (χ3v) is 6.08. The van der Waals surface area contributed by atoms with E-state index in [9.17, 15) is 14.3 Å². The third kappa shape index (κ3) is 8.13. The number of phosphoric ester groups is 1. The van der Waals surface area contributed by atoms with Gasteiger partial charge in [0.15, 0.2) is 6.23 Å². The number of hydrogen-bond acceptors (Lipinski definition) is 9. The Balaban J connectivity index is 2.50. The van der Waals surface area contributed by atoms with E-state index in [1.165, 1.54) is 17.9 Å². The van der Waals surface area contributed by atoms with Crippen LogP contribution in [0.4, 0.5) is 5.82 Å². The molecule has 0 aromatic carbocycles. The standard InChI is InChI=1S/C21H38N3O8P/c1-13-12-24(19(25)23-17(13)22)18-16(29-10-9-28-8)15(14(30-18)11-20(2,3)4)31-33(26,27)32-21(5,6)7/h12,14-16,18H,9-11H2,1-8H3,(H,26,27)(H2,22,23,25)/t14-,15?,16+,18-/m1/s1. The number of aromatic nitrogens is 2. The zero-order valence-electron chi connectivity index (χ0n) is 20.7. The van der Waals surface area contributed by atoms with Crippen LogP contribution in [0.5, 0.6) is 0 Å². The molecule has 0 spiro atoms. The summed E-state index contributed by atoms with van der Waals surface area (Å²) in [5.74, 6) is 0.114. The van der Waals surface area contributed by atoms with Crippen molar-refractivity contribution in [3.05, 3.63) is 22.2 Å². The summed E-state index contributed by atoms with van der Waals surface area (Å²) in [6, 6.07) is 0. The van der Waals surface area contributed by atoms with Gasteiger partial charge >= 0.3 is 13.5 Å². The molecule has 2 rings (SSSR count). The maximum absolute atomic E-state index is 12.9. The molecular formula is C21H38N3O8P. The maximum atomic E-state index is 12.9. The lowest BCUT2D eigenvalue weighted by molar-refractivity contribution is -0.0816. The van der Waals surface area contributed by atoms with Crippen molar-refractivity contribution in [2.75, 3.05) is 26.1 Å². The van der Waals surface area contributed by atoms with Crippen LogP contribution in [-0.4, -0.2) is 58.7 Å². The van der Waals surface area contributed by atoms with Gasteiger partial charge in [-0.3, -0.25) is 13.6 Å². The summed E-state index contributed by atoms with van der Waals surface area (Å²) in [6.07, 6.45) is -1.57. The number of phosphoric acid groups is 1. The molecule has 0 amide bonds. The molecule has 0 radical (unpaired) electrons. The molecule has 1 aromatic heterocycles. The van der Waals surface area contributed by atoms with E-state index in [-0.39, 0.29) is 24.4 Å². The van der Waals surface area contributed by atoms with Crippen molar-refractivity contribution in [2.24, 2.45) is 5.41 Å². The molecule has 2 unspecified atom stereocenters. The third-order valence-electron chi connectivity index (χ3n) is 4.79. The van der Waals surface area contributed by atoms with Gasteiger partial charge in [-0.2, -0.15) is 4.98 Å². The first kappa shape index (κ1) is 27.9. The molecule has 0 bridgehead atoms. The molecule has 11 nitrogen and oxygen atoms in total. The fourth-order valence-electron chi connectivity index (χ4n) is 3.55. The Bertz CT molecular complexity index is 908. The van der Waals surface area contributed by atoms with Crippen LogP contribution in [0.2, 0.25) is 0 Å². The molecule has 1 fully saturated rings. The van der Waals surface area contributed by atoms with E-state index in [1.54, 1.807) is 27.7 Å². The second kappa shape index (κ2) is 10.5. The summed E-state index contributed by atoms with van der Waals surface area (Å²) in [4.78, 5) is 27.0. The number of nitrogens with zero attached hydrogens (tertiary/aromatic N) is 2. The van der Waals surface area contributed by atoms with E-state index < -0.39 is 43.7 Å². The summed E-state index contributed by atoms with van der Waals surface area (Å²) < 4.78 is 42.4. The molecule has 3 N–H and O–H groups in total. The molecule has 1 saturated heterocycles. The number of rotatable bonds is 9. The van der Waals surface area contributed by atoms with Crippen molar-refractivity contribution in [3.8, 4) is 0 Å². The molecule has 2 heterocycles. The fourth-order valence-corrected chi connectivity index (χ4v) is 4.85. The lowest BCUT2D eigenvalue weighted by atomic mass is 9.87. The summed E-state index contributed by atoms with van der Waals surface area (Å²) in [6.45, 7) is 13.1. The Morgan fingerprint density at radius 2 is 1.85 bits per heavy atom. The molecule has 190 valence electrons. The molecule has 1 aliphatic heterocycles. The topological polar surface area (TPSA) is 144 Å². The van der Waals surface area contributed by atoms with Gasteiger partial charge in [-0.15, -0.1) is 0 Å². The molecule has 0 aliphatic carbocycles. The van der Waals surface area contributed by atoms with E-state index >= 15 is 0 Å². The van der Waals surface area contributed by atoms with Crippen LogP contribution in [0.25, 0.3) is 0 Å². The average molecular weight is 492 g/mol. The van der Waals surface area contributed by atoms with Crippen molar-refractivity contribution in [3.63, 3.8) is 0 Å². The highest BCUT2D eigenvalue weighted by molar-refractivity contribution is 7.47. The molecular weight excluding hydrogens is 453 g/mol. The van der Waals surface area contributed by atoms with E-state index in [2.05, 4.69) is 4.98 Å². The van der Waals surface area contributed by atoms with Crippen LogP contribution in [0, 0.1) is 12.3 Å². The van der Waals surface area contributed by atoms with Gasteiger partial charge in [0.2, 0.25) is 0 Å². The Hall–Kier alpha value is -1.33. The number of methoxy groups -OCH3 is 1. The Labute approximate surface area is 195 Å². The average Bonchev–Trinajstić information content (AvgIpc) is 2.91. The largest absolute Gasteiger partial charge is 0.473 e. The van der Waals surface area contributed by atoms with Gasteiger partial charge in [0.05, 0.1) is 24.9 Å². The monoisotopic (exact) mass is 491 g/mol. The van der Waals surface area contributed by atoms with Crippen LogP contribution in [0.3, 0.4) is 0 Å². The molecule has 5 atom stereocenters. The van der Waals surface area contributed by atoms with Gasteiger partial charge in [0, 0.05) is 18.9 Å². The summed E-state index contributed by atoms with van der Waals surface area (Å²) in [7, 11) is -2.98. The van der Waals surface area contributed by atoms with Gasteiger partial charge in [0.1, 0.15) is 18.0 Å². The van der Waals surface area contributed by atoms with E-state index in [0.29, 0.717) is 12.0 Å². The van der Waals surface area contributed by atoms with Crippen molar-refractivity contribution >= 4 is 13.6 Å². The number of hydrogen-bond donors (Lipinski definition) is 2. The van der Waals surface area contributed by atoms with Crippen LogP contribution in [-0.2, 0) is 27.8 Å². The minimum Gasteiger partial charge on any atom is -0.383 e. The highest BCUT2D eigenvalue weighted by atomic mass is 31.2. The Kier molecular flexibility index (Phi) is 8.89. The van der Waals surface area contributed by atoms with Gasteiger partial charge in [0.25, 0.3) is 0 Å². The molecule has 12 heteroatoms. The Morgan fingerprint density at radius 3 is 2.39 bits per heavy atom. The number of ether oxygens (including phenoxy) is 3. The van der Waals surface area contributed by atoms with Crippen molar-refractivity contribution in [1.29, 1.82) is 0 Å². The highest BCUT2D eigenvalue weighted by Gasteiger charge is 2.51. The van der Waals surface area contributed by atoms with Crippen LogP contribution < -0.4 is 11.4 Å². The van der Waals surface area contributed by atoms with Gasteiger partial charge in [-0.1, -0.05) is 20.8 Å². The first-order valence-corrected chi connectivity index (χ1v) is 12.4. The quantitative estimate of drug-likeness (QED) is 0.391. The van der Waals surface area contributed by atoms with Gasteiger partial charge in [-0.25, -0.2) is 9.36 Å². The van der Waals surface area contributed by atoms with Crippen LogP contribution in [0.15, 0.2) is 11.0 Å². The predicted octanol–water partition coefficient (Wildman–Crippen LogP) is 2.80. The summed E-state index contributed by atoms with van der Waals surface area (Å²) in [5.41, 5.74) is 4.58. The zero-order chi connectivity index (χ0) is 25.2. The lowest BCUT2D eigenvalue weighted by Crippen LogP contribution is -2.40. The highest BCUT2D eigenvalue weighted by Crippen LogP contribution is 2.52. The summed E-state index contributed by atoms with van der Waals surface area (Å²) in [5, 5.41) is 0. The molecule has 1 aromatic rings. The summed E-state index contributed by atoms with van der Waals surface area (Å²) >= 11 is 0. The smallest absolute Gasteiger partial charge is 0.383 e. The number of aryl methyl sites for hydroxylation is 1. The zero-order valence-corrected chi connectivity index (χ0v) is 21.6. The van der Waals surface area contributed by atoms with E-state index in [4.69, 9.17) is 29.0 Å². The number of nitrogens with two attached hydrogens (primary N) is 1. The lowest BCUT2D eigenvalue weighted by Gasteiger charge is -2.31. The molecule has 0 saturated carbocycles. The Morgan fingerprint density at radius 1 is 1.21 bits per heavy atom. The van der Waals surface area contributed by atoms with E-state index in [1.807, 2.05) is 20.8 Å². The van der Waals surface area contributed by atoms with Crippen molar-refractivity contribution < 1.29 is 32.7 Å². The maximum Gasteiger partial charge on any atom is 0.473 e. The number of nitrogen functional groups attached to an aromatic ring is 1. The first-order valence-electron chi connectivity index (χ1n) is 10.9. The minimum absolute atomic E-state index is 0.114. The van der Waals surface area contributed by atoms with Gasteiger partial charge < -0.3 is 24.8 Å². The predicted molar refractivity (Wildman–Crippen MR) is 123 cm³/mol. The normalized spacial score (nSPS) is 25.8. The second-order valence-corrected chi connectivity index (χ2v) is 11.7. The van der Waals surface area contributed by atoms with E-state index in [0.717, 1.165) is 0 Å². The molecule has 33 heavy (non-hydrogen) atoms. The minimum atomic E-state index is -4.50. The SMILES string of the molecule is COCCO[C@H]1C(OP(=O)(O)OC(C)(C)C)[C@@H](CC(C)(C)C)O[C@H]1n1cc(C)c(N)nc1=O. The van der Waals surface area contributed by atoms with Crippen LogP contribution >= 0.6 is 7.82 Å².